The lowest BCUT2D eigenvalue weighted by molar-refractivity contribution is -0.384. The fourth-order valence-electron chi connectivity index (χ4n) is 7.13. The molecule has 10 rings (SSSR count). The van der Waals surface area contributed by atoms with E-state index >= 15 is 0 Å². The molecule has 1 aliphatic rings. The van der Waals surface area contributed by atoms with Gasteiger partial charge in [0, 0.05) is 27.8 Å². The molecule has 0 saturated heterocycles. The maximum atomic E-state index is 12.0. The van der Waals surface area contributed by atoms with Gasteiger partial charge in [0.15, 0.2) is 23.0 Å². The second kappa shape index (κ2) is 10.7. The molecule has 8 nitrogen and oxygen atoms in total. The predicted molar refractivity (Wildman–Crippen MR) is 195 cm³/mol. The lowest BCUT2D eigenvalue weighted by atomic mass is 10.0. The van der Waals surface area contributed by atoms with Crippen LogP contribution in [0.5, 0.6) is 23.0 Å². The van der Waals surface area contributed by atoms with Crippen LogP contribution < -0.4 is 9.47 Å². The summed E-state index contributed by atoms with van der Waals surface area (Å²) in [6, 6.07) is 46.7. The Bertz CT molecular complexity index is 2860. The zero-order chi connectivity index (χ0) is 33.3. The van der Waals surface area contributed by atoms with Crippen LogP contribution >= 0.6 is 0 Å². The maximum absolute atomic E-state index is 12.0. The first kappa shape index (κ1) is 28.0. The molecule has 0 atom stereocenters. The molecule has 0 aliphatic carbocycles. The molecular weight excluding hydrogens is 624 g/mol. The van der Waals surface area contributed by atoms with Gasteiger partial charge < -0.3 is 9.47 Å². The Labute approximate surface area is 284 Å². The summed E-state index contributed by atoms with van der Waals surface area (Å²) < 4.78 is 15.0. The number of hydrogen-bond acceptors (Lipinski definition) is 6. The number of rotatable bonds is 4. The van der Waals surface area contributed by atoms with Gasteiger partial charge in [0.1, 0.15) is 5.52 Å². The molecule has 50 heavy (non-hydrogen) atoms. The van der Waals surface area contributed by atoms with E-state index in [4.69, 9.17) is 19.4 Å². The Morgan fingerprint density at radius 1 is 0.600 bits per heavy atom. The van der Waals surface area contributed by atoms with Crippen molar-refractivity contribution >= 4 is 49.2 Å². The molecule has 1 aliphatic heterocycles. The van der Waals surface area contributed by atoms with E-state index in [0.717, 1.165) is 60.3 Å². The van der Waals surface area contributed by atoms with Crippen LogP contribution in [0.3, 0.4) is 0 Å². The molecule has 0 fully saturated rings. The molecule has 0 radical (unpaired) electrons. The Balaban J connectivity index is 1.32. The zero-order valence-corrected chi connectivity index (χ0v) is 26.3. The minimum Gasteiger partial charge on any atom is -0.449 e. The molecule has 8 heteroatoms. The highest BCUT2D eigenvalue weighted by molar-refractivity contribution is 6.15. The topological polar surface area (TPSA) is 92.3 Å². The summed E-state index contributed by atoms with van der Waals surface area (Å²) in [7, 11) is 0. The number of benzene rings is 7. The minimum absolute atomic E-state index is 0.0406. The van der Waals surface area contributed by atoms with Crippen molar-refractivity contribution in [3.63, 3.8) is 0 Å². The third-order valence-electron chi connectivity index (χ3n) is 9.36. The third kappa shape index (κ3) is 4.18. The SMILES string of the molecule is O=[N+]([O-])c1ccccc1-c1ccc2c(c1)c1ccc3c(c1n2-c1nc(-c2ccccc2)c2c(ccc4ccccc42)n1)Oc1ccccc1O3. The quantitative estimate of drug-likeness (QED) is 0.107. The van der Waals surface area contributed by atoms with Crippen molar-refractivity contribution in [2.45, 2.75) is 0 Å². The molecule has 0 amide bonds. The summed E-state index contributed by atoms with van der Waals surface area (Å²) >= 11 is 0. The fourth-order valence-corrected chi connectivity index (χ4v) is 7.13. The van der Waals surface area contributed by atoms with Crippen LogP contribution in [0.1, 0.15) is 0 Å². The second-order valence-corrected chi connectivity index (χ2v) is 12.2. The zero-order valence-electron chi connectivity index (χ0n) is 26.3. The molecule has 9 aromatic rings. The van der Waals surface area contributed by atoms with Crippen molar-refractivity contribution in [2.24, 2.45) is 0 Å². The standard InChI is InChI=1S/C42H24N4O4/c47-46(48)34-15-7-6-13-28(34)27-19-22-33-31(24-27)30-20-23-37-41(50-36-17-9-8-16-35(36)49-37)40(30)45(33)42-43-32-21-18-25-10-4-5-14-29(25)38(32)39(44-42)26-11-2-1-3-12-26/h1-24H. The lowest BCUT2D eigenvalue weighted by Gasteiger charge is -2.22. The van der Waals surface area contributed by atoms with Gasteiger partial charge in [0.25, 0.3) is 5.69 Å². The van der Waals surface area contributed by atoms with Crippen LogP contribution in [0, 0.1) is 10.1 Å². The van der Waals surface area contributed by atoms with Crippen molar-refractivity contribution in [1.29, 1.82) is 0 Å². The first-order valence-electron chi connectivity index (χ1n) is 16.2. The van der Waals surface area contributed by atoms with Gasteiger partial charge in [-0.05, 0) is 64.9 Å². The average molecular weight is 649 g/mol. The van der Waals surface area contributed by atoms with E-state index < -0.39 is 0 Å². The number of nitrogens with zero attached hydrogens (tertiary/aromatic N) is 4. The summed E-state index contributed by atoms with van der Waals surface area (Å²) in [5.41, 5.74) is 5.41. The van der Waals surface area contributed by atoms with Crippen molar-refractivity contribution in [1.82, 2.24) is 14.5 Å². The van der Waals surface area contributed by atoms with Gasteiger partial charge in [0.2, 0.25) is 5.95 Å². The minimum atomic E-state index is -0.348. The fraction of sp³-hybridized carbons (Fsp3) is 0. The lowest BCUT2D eigenvalue weighted by Crippen LogP contribution is -2.06. The van der Waals surface area contributed by atoms with Crippen LogP contribution in [0.2, 0.25) is 0 Å². The predicted octanol–water partition coefficient (Wildman–Crippen LogP) is 11.0. The largest absolute Gasteiger partial charge is 0.449 e. The smallest absolute Gasteiger partial charge is 0.277 e. The molecule has 2 aromatic heterocycles. The van der Waals surface area contributed by atoms with Crippen molar-refractivity contribution in [2.75, 3.05) is 0 Å². The molecule has 0 saturated carbocycles. The first-order valence-corrected chi connectivity index (χ1v) is 16.2. The third-order valence-corrected chi connectivity index (χ3v) is 9.36. The van der Waals surface area contributed by atoms with E-state index in [0.29, 0.717) is 34.5 Å². The summed E-state index contributed by atoms with van der Waals surface area (Å²) in [4.78, 5) is 22.2. The normalized spacial score (nSPS) is 12.1. The molecule has 0 bridgehead atoms. The van der Waals surface area contributed by atoms with Crippen LogP contribution in [0.25, 0.3) is 71.8 Å². The van der Waals surface area contributed by atoms with Gasteiger partial charge in [0.05, 0.1) is 27.2 Å². The highest BCUT2D eigenvalue weighted by Crippen LogP contribution is 2.51. The molecule has 0 spiro atoms. The maximum Gasteiger partial charge on any atom is 0.277 e. The summed E-state index contributed by atoms with van der Waals surface area (Å²) in [6.45, 7) is 0. The van der Waals surface area contributed by atoms with Gasteiger partial charge in [-0.1, -0.05) is 91.0 Å². The van der Waals surface area contributed by atoms with E-state index in [-0.39, 0.29) is 10.6 Å². The molecule has 7 aromatic carbocycles. The average Bonchev–Trinajstić information content (AvgIpc) is 3.51. The Hall–Kier alpha value is -7.06. The number of nitro groups is 1. The van der Waals surface area contributed by atoms with Crippen molar-refractivity contribution in [3.05, 3.63) is 156 Å². The molecule has 0 N–H and O–H groups in total. The van der Waals surface area contributed by atoms with Crippen LogP contribution in [0.4, 0.5) is 5.69 Å². The summed E-state index contributed by atoms with van der Waals surface area (Å²) in [5, 5.41) is 16.9. The monoisotopic (exact) mass is 648 g/mol. The number of nitro benzene ring substituents is 1. The molecule has 236 valence electrons. The molecular formula is C42H24N4O4. The Kier molecular flexibility index (Phi) is 6.01. The van der Waals surface area contributed by atoms with E-state index in [1.54, 1.807) is 12.1 Å². The van der Waals surface area contributed by atoms with E-state index in [1.165, 1.54) is 6.07 Å². The van der Waals surface area contributed by atoms with Crippen LogP contribution in [-0.2, 0) is 0 Å². The second-order valence-electron chi connectivity index (χ2n) is 12.2. The number of aromatic nitrogens is 3. The number of hydrogen-bond donors (Lipinski definition) is 0. The van der Waals surface area contributed by atoms with Gasteiger partial charge >= 0.3 is 0 Å². The van der Waals surface area contributed by atoms with Crippen molar-refractivity contribution in [3.8, 4) is 51.3 Å². The Morgan fingerprint density at radius 3 is 2.22 bits per heavy atom. The Morgan fingerprint density at radius 2 is 1.36 bits per heavy atom. The van der Waals surface area contributed by atoms with E-state index in [2.05, 4.69) is 30.3 Å². The molecule has 0 unspecified atom stereocenters. The van der Waals surface area contributed by atoms with Crippen LogP contribution in [0.15, 0.2) is 146 Å². The number of para-hydroxylation sites is 3. The first-order chi connectivity index (χ1) is 24.6. The van der Waals surface area contributed by atoms with Crippen molar-refractivity contribution < 1.29 is 14.4 Å². The van der Waals surface area contributed by atoms with Gasteiger partial charge in [-0.3, -0.25) is 14.7 Å². The van der Waals surface area contributed by atoms with E-state index in [1.807, 2.05) is 102 Å². The van der Waals surface area contributed by atoms with Crippen LogP contribution in [-0.4, -0.2) is 19.5 Å². The molecule has 3 heterocycles. The van der Waals surface area contributed by atoms with Gasteiger partial charge in [-0.15, -0.1) is 0 Å². The van der Waals surface area contributed by atoms with Gasteiger partial charge in [-0.25, -0.2) is 9.97 Å². The van der Waals surface area contributed by atoms with Gasteiger partial charge in [-0.2, -0.15) is 0 Å². The highest BCUT2D eigenvalue weighted by Gasteiger charge is 2.28. The summed E-state index contributed by atoms with van der Waals surface area (Å²) in [6.07, 6.45) is 0. The van der Waals surface area contributed by atoms with E-state index in [9.17, 15) is 10.1 Å². The number of ether oxygens (including phenoxy) is 2. The summed E-state index contributed by atoms with van der Waals surface area (Å²) in [5.74, 6) is 2.78. The number of fused-ring (bicyclic) bond motifs is 9. The highest BCUT2D eigenvalue weighted by atomic mass is 16.6.